The second-order valence-corrected chi connectivity index (χ2v) is 14.1. The summed E-state index contributed by atoms with van der Waals surface area (Å²) in [6.07, 6.45) is 0. The molecular formula is C49H34. The Kier molecular flexibility index (Phi) is 6.02. The van der Waals surface area contributed by atoms with E-state index in [4.69, 9.17) is 0 Å². The Morgan fingerprint density at radius 3 is 1.53 bits per heavy atom. The smallest absolute Gasteiger partial charge is 0.0159 e. The molecule has 0 unspecified atom stereocenters. The van der Waals surface area contributed by atoms with E-state index in [-0.39, 0.29) is 5.41 Å². The summed E-state index contributed by atoms with van der Waals surface area (Å²) >= 11 is 0. The van der Waals surface area contributed by atoms with Crippen molar-refractivity contribution >= 4 is 43.1 Å². The predicted octanol–water partition coefficient (Wildman–Crippen LogP) is 13.6. The van der Waals surface area contributed by atoms with Crippen LogP contribution in [-0.2, 0) is 5.41 Å². The van der Waals surface area contributed by atoms with E-state index in [1.54, 1.807) is 0 Å². The second-order valence-electron chi connectivity index (χ2n) is 14.1. The zero-order valence-corrected chi connectivity index (χ0v) is 27.7. The van der Waals surface area contributed by atoms with E-state index in [0.717, 1.165) is 0 Å². The largest absolute Gasteiger partial charge is 0.0622 e. The van der Waals surface area contributed by atoms with Gasteiger partial charge in [-0.3, -0.25) is 0 Å². The van der Waals surface area contributed by atoms with Gasteiger partial charge in [-0.15, -0.1) is 0 Å². The average molecular weight is 623 g/mol. The third kappa shape index (κ3) is 4.17. The van der Waals surface area contributed by atoms with Gasteiger partial charge in [-0.2, -0.15) is 0 Å². The van der Waals surface area contributed by atoms with Crippen LogP contribution >= 0.6 is 0 Å². The minimum absolute atomic E-state index is 0.0991. The van der Waals surface area contributed by atoms with Gasteiger partial charge in [-0.25, -0.2) is 0 Å². The van der Waals surface area contributed by atoms with Crippen molar-refractivity contribution in [3.63, 3.8) is 0 Å². The van der Waals surface area contributed by atoms with Crippen molar-refractivity contribution < 1.29 is 0 Å². The summed E-state index contributed by atoms with van der Waals surface area (Å²) < 4.78 is 0. The molecule has 1 aliphatic carbocycles. The van der Waals surface area contributed by atoms with Crippen LogP contribution in [0.4, 0.5) is 0 Å². The molecule has 0 bridgehead atoms. The number of rotatable bonds is 3. The van der Waals surface area contributed by atoms with Gasteiger partial charge in [-0.05, 0) is 117 Å². The summed E-state index contributed by atoms with van der Waals surface area (Å²) in [7, 11) is 0. The molecule has 10 rings (SSSR count). The van der Waals surface area contributed by atoms with Gasteiger partial charge in [0, 0.05) is 5.41 Å². The van der Waals surface area contributed by atoms with Crippen LogP contribution < -0.4 is 0 Å². The van der Waals surface area contributed by atoms with Crippen molar-refractivity contribution in [3.8, 4) is 44.5 Å². The molecule has 9 aromatic carbocycles. The Bertz CT molecular complexity index is 2780. The van der Waals surface area contributed by atoms with Crippen molar-refractivity contribution in [2.24, 2.45) is 0 Å². The highest BCUT2D eigenvalue weighted by Crippen LogP contribution is 2.55. The molecule has 0 nitrogen and oxygen atoms in total. The molecule has 0 amide bonds. The number of fused-ring (bicyclic) bond motifs is 9. The van der Waals surface area contributed by atoms with Gasteiger partial charge in [0.05, 0.1) is 0 Å². The lowest BCUT2D eigenvalue weighted by Crippen LogP contribution is -2.15. The molecule has 0 aromatic heterocycles. The third-order valence-electron chi connectivity index (χ3n) is 11.0. The van der Waals surface area contributed by atoms with E-state index in [2.05, 4.69) is 184 Å². The Morgan fingerprint density at radius 2 is 0.816 bits per heavy atom. The van der Waals surface area contributed by atoms with Crippen molar-refractivity contribution in [2.45, 2.75) is 19.3 Å². The van der Waals surface area contributed by atoms with Crippen LogP contribution in [-0.4, -0.2) is 0 Å². The Hall–Kier alpha value is -5.98. The van der Waals surface area contributed by atoms with Crippen LogP contribution in [0.2, 0.25) is 0 Å². The highest BCUT2D eigenvalue weighted by atomic mass is 14.4. The lowest BCUT2D eigenvalue weighted by Gasteiger charge is -2.23. The summed E-state index contributed by atoms with van der Waals surface area (Å²) in [5.41, 5.74) is 13.1. The molecule has 9 aromatic rings. The summed E-state index contributed by atoms with van der Waals surface area (Å²) in [5, 5.41) is 10.3. The summed E-state index contributed by atoms with van der Waals surface area (Å²) in [6, 6.07) is 63.0. The minimum atomic E-state index is -0.0991. The zero-order chi connectivity index (χ0) is 32.7. The lowest BCUT2D eigenvalue weighted by atomic mass is 9.80. The van der Waals surface area contributed by atoms with Crippen LogP contribution in [0.25, 0.3) is 87.6 Å². The number of hydrogen-bond donors (Lipinski definition) is 0. The van der Waals surface area contributed by atoms with Crippen molar-refractivity contribution in [2.75, 3.05) is 0 Å². The molecule has 0 heterocycles. The van der Waals surface area contributed by atoms with Crippen LogP contribution in [0.1, 0.15) is 25.0 Å². The molecule has 0 fully saturated rings. The average Bonchev–Trinajstić information content (AvgIpc) is 3.40. The first-order valence-electron chi connectivity index (χ1n) is 17.3. The second kappa shape index (κ2) is 10.5. The molecule has 0 spiro atoms. The third-order valence-corrected chi connectivity index (χ3v) is 11.0. The Balaban J connectivity index is 1.12. The highest BCUT2D eigenvalue weighted by Gasteiger charge is 2.38. The fourth-order valence-electron chi connectivity index (χ4n) is 8.60. The predicted molar refractivity (Wildman–Crippen MR) is 210 cm³/mol. The standard InChI is InChI=1S/C49H34/c1-49(2)45-27-26-32-14-6-7-15-39(32)47(45)48-43-17-9-8-16-42(43)44(30-46(48)49)36-25-23-33-28-35(24-22-34(33)29-36)38-19-11-20-40-37(18-10-21-41(38)40)31-12-4-3-5-13-31/h3-30H,1-2H3. The minimum Gasteiger partial charge on any atom is -0.0622 e. The van der Waals surface area contributed by atoms with Gasteiger partial charge in [0.25, 0.3) is 0 Å². The molecule has 230 valence electrons. The molecule has 0 aliphatic heterocycles. The fourth-order valence-corrected chi connectivity index (χ4v) is 8.60. The summed E-state index contributed by atoms with van der Waals surface area (Å²) in [5.74, 6) is 0. The van der Waals surface area contributed by atoms with Gasteiger partial charge in [0.15, 0.2) is 0 Å². The van der Waals surface area contributed by atoms with Crippen LogP contribution in [0, 0.1) is 0 Å². The Morgan fingerprint density at radius 1 is 0.306 bits per heavy atom. The maximum Gasteiger partial charge on any atom is 0.0159 e. The van der Waals surface area contributed by atoms with E-state index < -0.39 is 0 Å². The van der Waals surface area contributed by atoms with E-state index in [1.807, 2.05) is 0 Å². The quantitative estimate of drug-likeness (QED) is 0.184. The first-order chi connectivity index (χ1) is 24.1. The van der Waals surface area contributed by atoms with Gasteiger partial charge in [0.1, 0.15) is 0 Å². The van der Waals surface area contributed by atoms with Crippen LogP contribution in [0.15, 0.2) is 170 Å². The number of benzene rings is 9. The molecule has 0 radical (unpaired) electrons. The van der Waals surface area contributed by atoms with Gasteiger partial charge in [0.2, 0.25) is 0 Å². The highest BCUT2D eigenvalue weighted by molar-refractivity contribution is 6.15. The molecule has 0 atom stereocenters. The fraction of sp³-hybridized carbons (Fsp3) is 0.0612. The van der Waals surface area contributed by atoms with Crippen molar-refractivity contribution in [1.29, 1.82) is 0 Å². The van der Waals surface area contributed by atoms with Crippen LogP contribution in [0.5, 0.6) is 0 Å². The molecule has 0 heteroatoms. The number of hydrogen-bond acceptors (Lipinski definition) is 0. The SMILES string of the molecule is CC1(C)c2ccc3ccccc3c2-c2c1cc(-c1ccc3cc(-c4cccc5c(-c6ccccc6)cccc45)ccc3c1)c1ccccc21. The van der Waals surface area contributed by atoms with E-state index in [0.29, 0.717) is 0 Å². The molecular weight excluding hydrogens is 589 g/mol. The monoisotopic (exact) mass is 622 g/mol. The molecule has 0 N–H and O–H groups in total. The Labute approximate surface area is 286 Å². The molecule has 49 heavy (non-hydrogen) atoms. The van der Waals surface area contributed by atoms with Gasteiger partial charge in [-0.1, -0.05) is 166 Å². The zero-order valence-electron chi connectivity index (χ0n) is 27.7. The molecule has 1 aliphatic rings. The van der Waals surface area contributed by atoms with E-state index >= 15 is 0 Å². The van der Waals surface area contributed by atoms with Crippen molar-refractivity contribution in [3.05, 3.63) is 181 Å². The maximum absolute atomic E-state index is 2.49. The normalized spacial score (nSPS) is 13.3. The molecule has 0 saturated carbocycles. The summed E-state index contributed by atoms with van der Waals surface area (Å²) in [6.45, 7) is 4.78. The first kappa shape index (κ1) is 28.1. The van der Waals surface area contributed by atoms with Crippen molar-refractivity contribution in [1.82, 2.24) is 0 Å². The van der Waals surface area contributed by atoms with Crippen LogP contribution in [0.3, 0.4) is 0 Å². The first-order valence-corrected chi connectivity index (χ1v) is 17.3. The van der Waals surface area contributed by atoms with Gasteiger partial charge < -0.3 is 0 Å². The molecule has 0 saturated heterocycles. The van der Waals surface area contributed by atoms with E-state index in [9.17, 15) is 0 Å². The van der Waals surface area contributed by atoms with Gasteiger partial charge >= 0.3 is 0 Å². The van der Waals surface area contributed by atoms with E-state index in [1.165, 1.54) is 98.7 Å². The topological polar surface area (TPSA) is 0 Å². The maximum atomic E-state index is 2.49. The lowest BCUT2D eigenvalue weighted by molar-refractivity contribution is 0.661. The summed E-state index contributed by atoms with van der Waals surface area (Å²) in [4.78, 5) is 0.